The van der Waals surface area contributed by atoms with E-state index in [0.29, 0.717) is 11.7 Å². The fraction of sp³-hybridized carbons (Fsp3) is 0.273. The van der Waals surface area contributed by atoms with Gasteiger partial charge in [0, 0.05) is 34.4 Å². The maximum atomic E-state index is 12.0. The molecule has 0 aliphatic rings. The van der Waals surface area contributed by atoms with Crippen molar-refractivity contribution in [2.24, 2.45) is 5.41 Å². The summed E-state index contributed by atoms with van der Waals surface area (Å²) in [6.45, 7) is 22.2. The van der Waals surface area contributed by atoms with E-state index in [0.717, 1.165) is 68.0 Å². The first-order valence-electron chi connectivity index (χ1n) is 20.6. The van der Waals surface area contributed by atoms with Crippen LogP contribution in [0, 0.1) is 5.41 Å². The number of aromatic nitrogens is 2. The zero-order valence-corrected chi connectivity index (χ0v) is 36.0. The molecule has 0 amide bonds. The minimum atomic E-state index is -0.255. The number of hydrogen-bond donors (Lipinski definition) is 1. The van der Waals surface area contributed by atoms with Crippen molar-refractivity contribution < 1.29 is 5.11 Å². The van der Waals surface area contributed by atoms with Crippen LogP contribution in [0.2, 0.25) is 0 Å². The minimum absolute atomic E-state index is 0.0426. The third kappa shape index (κ3) is 9.16. The highest BCUT2D eigenvalue weighted by Gasteiger charge is 2.27. The second-order valence-electron chi connectivity index (χ2n) is 19.3. The normalized spacial score (nSPS) is 12.7. The molecule has 0 aliphatic heterocycles. The lowest BCUT2D eigenvalue weighted by molar-refractivity contribution is 0.411. The van der Waals surface area contributed by atoms with Crippen molar-refractivity contribution in [2.75, 3.05) is 0 Å². The monoisotopic (exact) mass is 762 g/mol. The van der Waals surface area contributed by atoms with Crippen LogP contribution >= 0.6 is 0 Å². The van der Waals surface area contributed by atoms with E-state index in [1.165, 1.54) is 22.3 Å². The summed E-state index contributed by atoms with van der Waals surface area (Å²) < 4.78 is 0. The van der Waals surface area contributed by atoms with Gasteiger partial charge in [-0.05, 0) is 116 Å². The molecular weight excluding hydrogens is 705 g/mol. The Morgan fingerprint density at radius 3 is 1.69 bits per heavy atom. The number of benzene rings is 5. The summed E-state index contributed by atoms with van der Waals surface area (Å²) in [6, 6.07) is 49.9. The number of phenols is 1. The largest absolute Gasteiger partial charge is 0.507 e. The molecule has 3 heteroatoms. The van der Waals surface area contributed by atoms with Gasteiger partial charge in [0.2, 0.25) is 0 Å². The number of pyridine rings is 2. The maximum Gasteiger partial charge on any atom is 0.128 e. The lowest BCUT2D eigenvalue weighted by Gasteiger charge is -2.28. The minimum Gasteiger partial charge on any atom is -0.507 e. The van der Waals surface area contributed by atoms with Gasteiger partial charge in [-0.15, -0.1) is 0 Å². The topological polar surface area (TPSA) is 46.0 Å². The molecule has 1 atom stereocenters. The van der Waals surface area contributed by atoms with E-state index in [2.05, 4.69) is 209 Å². The van der Waals surface area contributed by atoms with Gasteiger partial charge in [-0.1, -0.05) is 160 Å². The Bertz CT molecular complexity index is 2530. The quantitative estimate of drug-likeness (QED) is 0.168. The van der Waals surface area contributed by atoms with Crippen LogP contribution < -0.4 is 0 Å². The molecular formula is C55H58N2O. The Balaban J connectivity index is 1.37. The first kappa shape index (κ1) is 40.4. The summed E-state index contributed by atoms with van der Waals surface area (Å²) in [5.41, 5.74) is 15.4. The molecule has 2 heterocycles. The van der Waals surface area contributed by atoms with Gasteiger partial charge >= 0.3 is 0 Å². The van der Waals surface area contributed by atoms with Crippen LogP contribution in [0.15, 0.2) is 146 Å². The second-order valence-corrected chi connectivity index (χ2v) is 19.3. The standard InChI is InChI=1S/C55H58N2O/c1-36(38-17-13-11-14-18-38)39-21-23-41(24-22-39)42-25-26-56-49(32-42)44-29-43(40-19-15-12-16-20-40)30-45(31-44)50-27-37(35-53(2,3)4)28-51(57-50)47-33-46(54(5,6)7)34-48(52(47)58)55(8,9)10/h11-34,36,58H,35H2,1-10H3. The van der Waals surface area contributed by atoms with E-state index in [1.807, 2.05) is 6.20 Å². The Morgan fingerprint density at radius 1 is 0.500 bits per heavy atom. The average molecular weight is 763 g/mol. The number of rotatable bonds is 8. The van der Waals surface area contributed by atoms with Crippen molar-refractivity contribution >= 4 is 0 Å². The van der Waals surface area contributed by atoms with Crippen molar-refractivity contribution in [1.82, 2.24) is 9.97 Å². The summed E-state index contributed by atoms with van der Waals surface area (Å²) in [7, 11) is 0. The second kappa shape index (κ2) is 15.9. The molecule has 0 spiro atoms. The zero-order chi connectivity index (χ0) is 41.4. The highest BCUT2D eigenvalue weighted by atomic mass is 16.3. The van der Waals surface area contributed by atoms with Crippen LogP contribution in [-0.2, 0) is 17.3 Å². The molecule has 0 fully saturated rings. The smallest absolute Gasteiger partial charge is 0.128 e. The summed E-state index contributed by atoms with van der Waals surface area (Å²) in [5, 5.41) is 12.0. The first-order chi connectivity index (χ1) is 27.4. The van der Waals surface area contributed by atoms with Gasteiger partial charge in [-0.25, -0.2) is 4.98 Å². The molecule has 7 rings (SSSR count). The van der Waals surface area contributed by atoms with Crippen LogP contribution in [0.3, 0.4) is 0 Å². The van der Waals surface area contributed by atoms with Crippen molar-refractivity contribution in [3.8, 4) is 61.8 Å². The fourth-order valence-electron chi connectivity index (χ4n) is 7.81. The fourth-order valence-corrected chi connectivity index (χ4v) is 7.81. The molecule has 294 valence electrons. The highest BCUT2D eigenvalue weighted by Crippen LogP contribution is 2.43. The van der Waals surface area contributed by atoms with E-state index in [-0.39, 0.29) is 16.2 Å². The van der Waals surface area contributed by atoms with Gasteiger partial charge in [0.15, 0.2) is 0 Å². The average Bonchev–Trinajstić information content (AvgIpc) is 3.19. The number of nitrogens with zero attached hydrogens (tertiary/aromatic N) is 2. The van der Waals surface area contributed by atoms with E-state index < -0.39 is 0 Å². The van der Waals surface area contributed by atoms with Gasteiger partial charge in [0.25, 0.3) is 0 Å². The predicted octanol–water partition coefficient (Wildman–Crippen LogP) is 14.9. The number of phenolic OH excluding ortho intramolecular Hbond substituents is 1. The maximum absolute atomic E-state index is 12.0. The Labute approximate surface area is 346 Å². The van der Waals surface area contributed by atoms with E-state index in [9.17, 15) is 5.11 Å². The summed E-state index contributed by atoms with van der Waals surface area (Å²) in [5.74, 6) is 0.611. The molecule has 0 bridgehead atoms. The zero-order valence-electron chi connectivity index (χ0n) is 36.0. The third-order valence-electron chi connectivity index (χ3n) is 11.1. The molecule has 0 radical (unpaired) electrons. The van der Waals surface area contributed by atoms with Crippen LogP contribution in [-0.4, -0.2) is 15.1 Å². The lowest BCUT2D eigenvalue weighted by atomic mass is 9.78. The van der Waals surface area contributed by atoms with Gasteiger partial charge in [0.05, 0.1) is 17.1 Å². The van der Waals surface area contributed by atoms with Crippen molar-refractivity contribution in [2.45, 2.75) is 92.4 Å². The Hall–Kier alpha value is -5.80. The molecule has 0 aliphatic carbocycles. The SMILES string of the molecule is CC(c1ccccc1)c1ccc(-c2ccnc(-c3cc(-c4ccccc4)cc(-c4cc(CC(C)(C)C)cc(-c5cc(C(C)(C)C)cc(C(C)(C)C)c5O)n4)c3)c2)cc1. The van der Waals surface area contributed by atoms with Crippen molar-refractivity contribution in [1.29, 1.82) is 0 Å². The molecule has 0 saturated carbocycles. The van der Waals surface area contributed by atoms with Gasteiger partial charge in [-0.2, -0.15) is 0 Å². The molecule has 1 N–H and O–H groups in total. The Morgan fingerprint density at radius 2 is 1.07 bits per heavy atom. The van der Waals surface area contributed by atoms with Crippen LogP contribution in [0.1, 0.15) is 103 Å². The van der Waals surface area contributed by atoms with Gasteiger partial charge < -0.3 is 5.11 Å². The summed E-state index contributed by atoms with van der Waals surface area (Å²) in [6.07, 6.45) is 2.78. The Kier molecular flexibility index (Phi) is 11.0. The molecule has 2 aromatic heterocycles. The summed E-state index contributed by atoms with van der Waals surface area (Å²) in [4.78, 5) is 10.4. The van der Waals surface area contributed by atoms with E-state index >= 15 is 0 Å². The number of hydrogen-bond acceptors (Lipinski definition) is 3. The molecule has 3 nitrogen and oxygen atoms in total. The van der Waals surface area contributed by atoms with Gasteiger partial charge in [0.1, 0.15) is 5.75 Å². The van der Waals surface area contributed by atoms with Crippen molar-refractivity contribution in [3.63, 3.8) is 0 Å². The predicted molar refractivity (Wildman–Crippen MR) is 245 cm³/mol. The number of aromatic hydroxyl groups is 1. The molecule has 0 saturated heterocycles. The van der Waals surface area contributed by atoms with E-state index in [1.54, 1.807) is 0 Å². The molecule has 7 aromatic rings. The summed E-state index contributed by atoms with van der Waals surface area (Å²) >= 11 is 0. The highest BCUT2D eigenvalue weighted by molar-refractivity contribution is 5.82. The van der Waals surface area contributed by atoms with Crippen LogP contribution in [0.4, 0.5) is 0 Å². The van der Waals surface area contributed by atoms with Crippen LogP contribution in [0.5, 0.6) is 5.75 Å². The molecule has 1 unspecified atom stereocenters. The van der Waals surface area contributed by atoms with Crippen molar-refractivity contribution in [3.05, 3.63) is 174 Å². The molecule has 5 aromatic carbocycles. The first-order valence-corrected chi connectivity index (χ1v) is 20.6. The van der Waals surface area contributed by atoms with Gasteiger partial charge in [-0.3, -0.25) is 4.98 Å². The lowest BCUT2D eigenvalue weighted by Crippen LogP contribution is -2.17. The van der Waals surface area contributed by atoms with Crippen LogP contribution in [0.25, 0.3) is 56.0 Å². The molecule has 58 heavy (non-hydrogen) atoms. The third-order valence-corrected chi connectivity index (χ3v) is 11.1. The van der Waals surface area contributed by atoms with E-state index in [4.69, 9.17) is 9.97 Å².